The first-order valence-electron chi connectivity index (χ1n) is 4.16. The van der Waals surface area contributed by atoms with E-state index in [0.29, 0.717) is 5.92 Å². The average Bonchev–Trinajstić information content (AvgIpc) is 1.87. The predicted octanol–water partition coefficient (Wildman–Crippen LogP) is 0.757. The summed E-state index contributed by atoms with van der Waals surface area (Å²) < 4.78 is 0. The Morgan fingerprint density at radius 2 is 1.90 bits per heavy atom. The molecule has 1 fully saturated rings. The molecule has 0 radical (unpaired) electrons. The number of hydrogen-bond donors (Lipinski definition) is 2. The Morgan fingerprint density at radius 3 is 2.00 bits per heavy atom. The normalized spacial score (nSPS) is 22.8. The summed E-state index contributed by atoms with van der Waals surface area (Å²) in [5.41, 5.74) is -0.372. The van der Waals surface area contributed by atoms with Crippen molar-refractivity contribution >= 4 is 0 Å². The number of aliphatic hydroxyl groups is 1. The molecule has 0 aromatic rings. The van der Waals surface area contributed by atoms with Crippen molar-refractivity contribution < 1.29 is 5.11 Å². The Morgan fingerprint density at radius 1 is 1.40 bits per heavy atom. The molecular formula is C8H17NO. The van der Waals surface area contributed by atoms with Crippen LogP contribution in [0.25, 0.3) is 0 Å². The molecule has 60 valence electrons. The molecule has 2 heteroatoms. The molecule has 0 aromatic carbocycles. The maximum atomic E-state index is 9.81. The monoisotopic (exact) mass is 143 g/mol. The van der Waals surface area contributed by atoms with E-state index < -0.39 is 0 Å². The van der Waals surface area contributed by atoms with Gasteiger partial charge in [-0.15, -0.1) is 0 Å². The van der Waals surface area contributed by atoms with E-state index >= 15 is 0 Å². The van der Waals surface area contributed by atoms with Crippen molar-refractivity contribution in [2.45, 2.75) is 32.3 Å². The van der Waals surface area contributed by atoms with Gasteiger partial charge < -0.3 is 10.4 Å². The van der Waals surface area contributed by atoms with Gasteiger partial charge in [0.15, 0.2) is 0 Å². The van der Waals surface area contributed by atoms with Gasteiger partial charge in [0.1, 0.15) is 0 Å². The molecule has 1 saturated heterocycles. The van der Waals surface area contributed by atoms with E-state index in [1.165, 1.54) is 0 Å². The summed E-state index contributed by atoms with van der Waals surface area (Å²) in [5, 5.41) is 12.9. The van der Waals surface area contributed by atoms with Crippen LogP contribution in [0.2, 0.25) is 0 Å². The molecule has 0 spiro atoms. The van der Waals surface area contributed by atoms with Crippen LogP contribution in [-0.4, -0.2) is 23.8 Å². The molecule has 1 heterocycles. The molecule has 0 aliphatic carbocycles. The van der Waals surface area contributed by atoms with Gasteiger partial charge in [-0.1, -0.05) is 26.7 Å². The Bertz CT molecular complexity index is 106. The lowest BCUT2D eigenvalue weighted by Crippen LogP contribution is -2.63. The number of β-amino-alcohol motifs (C(OH)–C–C–N with tert-alkyl or cyclic N) is 1. The van der Waals surface area contributed by atoms with E-state index in [-0.39, 0.29) is 5.60 Å². The van der Waals surface area contributed by atoms with E-state index in [0.717, 1.165) is 25.9 Å². The quantitative estimate of drug-likeness (QED) is 0.611. The lowest BCUT2D eigenvalue weighted by molar-refractivity contribution is -0.0641. The van der Waals surface area contributed by atoms with Crippen LogP contribution in [0, 0.1) is 5.92 Å². The highest BCUT2D eigenvalue weighted by atomic mass is 16.3. The van der Waals surface area contributed by atoms with Gasteiger partial charge >= 0.3 is 0 Å². The maximum Gasteiger partial charge on any atom is 0.0922 e. The Hall–Kier alpha value is -0.0800. The Kier molecular flexibility index (Phi) is 2.32. The first-order chi connectivity index (χ1) is 4.73. The summed E-state index contributed by atoms with van der Waals surface area (Å²) in [7, 11) is 0. The first kappa shape index (κ1) is 8.02. The topological polar surface area (TPSA) is 32.3 Å². The van der Waals surface area contributed by atoms with Crippen molar-refractivity contribution in [3.05, 3.63) is 0 Å². The van der Waals surface area contributed by atoms with Gasteiger partial charge in [-0.05, 0) is 5.92 Å². The van der Waals surface area contributed by atoms with Crippen LogP contribution in [0.5, 0.6) is 0 Å². The van der Waals surface area contributed by atoms with Crippen LogP contribution in [0.1, 0.15) is 26.7 Å². The van der Waals surface area contributed by atoms with E-state index in [9.17, 15) is 5.11 Å². The fraction of sp³-hybridized carbons (Fsp3) is 1.00. The smallest absolute Gasteiger partial charge is 0.0922 e. The highest BCUT2D eigenvalue weighted by molar-refractivity contribution is 4.96. The van der Waals surface area contributed by atoms with Crippen molar-refractivity contribution in [2.24, 2.45) is 5.92 Å². The summed E-state index contributed by atoms with van der Waals surface area (Å²) in [6.07, 6.45) is 2.18. The third-order valence-corrected chi connectivity index (χ3v) is 2.61. The van der Waals surface area contributed by atoms with Gasteiger partial charge in [-0.3, -0.25) is 0 Å². The van der Waals surface area contributed by atoms with Gasteiger partial charge in [0.05, 0.1) is 5.60 Å². The largest absolute Gasteiger partial charge is 0.387 e. The van der Waals surface area contributed by atoms with Crippen molar-refractivity contribution in [1.82, 2.24) is 5.32 Å². The van der Waals surface area contributed by atoms with Crippen molar-refractivity contribution in [3.8, 4) is 0 Å². The molecule has 0 unspecified atom stereocenters. The van der Waals surface area contributed by atoms with Crippen LogP contribution < -0.4 is 5.32 Å². The molecule has 0 aromatic heterocycles. The molecular weight excluding hydrogens is 126 g/mol. The van der Waals surface area contributed by atoms with Gasteiger partial charge in [0.2, 0.25) is 0 Å². The predicted molar refractivity (Wildman–Crippen MR) is 41.9 cm³/mol. The van der Waals surface area contributed by atoms with Gasteiger partial charge in [0.25, 0.3) is 0 Å². The third-order valence-electron chi connectivity index (χ3n) is 2.61. The van der Waals surface area contributed by atoms with Crippen molar-refractivity contribution in [3.63, 3.8) is 0 Å². The van der Waals surface area contributed by atoms with Crippen LogP contribution in [0.4, 0.5) is 0 Å². The molecule has 1 rings (SSSR count). The second-order valence-corrected chi connectivity index (χ2v) is 3.22. The second kappa shape index (κ2) is 2.89. The fourth-order valence-corrected chi connectivity index (χ4v) is 1.72. The van der Waals surface area contributed by atoms with Crippen molar-refractivity contribution in [2.75, 3.05) is 13.1 Å². The van der Waals surface area contributed by atoms with Crippen molar-refractivity contribution in [1.29, 1.82) is 0 Å². The molecule has 1 aliphatic heterocycles. The summed E-state index contributed by atoms with van der Waals surface area (Å²) in [6.45, 7) is 5.87. The zero-order chi connectivity index (χ0) is 7.61. The average molecular weight is 143 g/mol. The zero-order valence-electron chi connectivity index (χ0n) is 6.85. The van der Waals surface area contributed by atoms with Gasteiger partial charge in [0, 0.05) is 13.1 Å². The molecule has 0 bridgehead atoms. The van der Waals surface area contributed by atoms with E-state index in [1.54, 1.807) is 0 Å². The Balaban J connectivity index is 2.43. The SMILES string of the molecule is CCC(CC)C1(O)CNC1. The lowest BCUT2D eigenvalue weighted by atomic mass is 9.79. The van der Waals surface area contributed by atoms with Gasteiger partial charge in [-0.25, -0.2) is 0 Å². The molecule has 2 N–H and O–H groups in total. The van der Waals surface area contributed by atoms with Crippen LogP contribution >= 0.6 is 0 Å². The number of hydrogen-bond acceptors (Lipinski definition) is 2. The minimum absolute atomic E-state index is 0.372. The first-order valence-corrected chi connectivity index (χ1v) is 4.16. The summed E-state index contributed by atoms with van der Waals surface area (Å²) in [4.78, 5) is 0. The lowest BCUT2D eigenvalue weighted by Gasteiger charge is -2.43. The van der Waals surface area contributed by atoms with Crippen LogP contribution in [0.15, 0.2) is 0 Å². The summed E-state index contributed by atoms with van der Waals surface area (Å²) >= 11 is 0. The van der Waals surface area contributed by atoms with Crippen LogP contribution in [-0.2, 0) is 0 Å². The number of rotatable bonds is 3. The minimum Gasteiger partial charge on any atom is -0.387 e. The third kappa shape index (κ3) is 1.18. The highest BCUT2D eigenvalue weighted by Crippen LogP contribution is 2.27. The molecule has 2 nitrogen and oxygen atoms in total. The molecule has 0 amide bonds. The summed E-state index contributed by atoms with van der Waals surface area (Å²) in [6, 6.07) is 0. The van der Waals surface area contributed by atoms with Gasteiger partial charge in [-0.2, -0.15) is 0 Å². The maximum absolute atomic E-state index is 9.81. The highest BCUT2D eigenvalue weighted by Gasteiger charge is 2.39. The van der Waals surface area contributed by atoms with E-state index in [4.69, 9.17) is 0 Å². The Labute approximate surface area is 62.6 Å². The number of nitrogens with one attached hydrogen (secondary N) is 1. The standard InChI is InChI=1S/C8H17NO/c1-3-7(4-2)8(10)5-9-6-8/h7,9-10H,3-6H2,1-2H3. The molecule has 0 atom stereocenters. The van der Waals surface area contributed by atoms with E-state index in [2.05, 4.69) is 19.2 Å². The van der Waals surface area contributed by atoms with E-state index in [1.807, 2.05) is 0 Å². The molecule has 1 aliphatic rings. The summed E-state index contributed by atoms with van der Waals surface area (Å²) in [5.74, 6) is 0.494. The zero-order valence-corrected chi connectivity index (χ0v) is 6.85. The molecule has 10 heavy (non-hydrogen) atoms. The second-order valence-electron chi connectivity index (χ2n) is 3.22. The fourth-order valence-electron chi connectivity index (χ4n) is 1.72. The minimum atomic E-state index is -0.372. The molecule has 0 saturated carbocycles. The van der Waals surface area contributed by atoms with Crippen LogP contribution in [0.3, 0.4) is 0 Å².